The summed E-state index contributed by atoms with van der Waals surface area (Å²) in [7, 11) is 0. The molecule has 0 spiro atoms. The predicted molar refractivity (Wildman–Crippen MR) is 49.5 cm³/mol. The van der Waals surface area contributed by atoms with E-state index in [0.29, 0.717) is 10.7 Å². The van der Waals surface area contributed by atoms with Gasteiger partial charge in [0.1, 0.15) is 4.99 Å². The van der Waals surface area contributed by atoms with E-state index in [9.17, 15) is 0 Å². The molecular formula is C8H10N2S. The molecule has 0 bridgehead atoms. The molecule has 0 atom stereocenters. The predicted octanol–water partition coefficient (Wildman–Crippen LogP) is 1.28. The second kappa shape index (κ2) is 3.44. The molecule has 1 aromatic heterocycles. The first-order valence-electron chi connectivity index (χ1n) is 3.49. The number of hydrogen-bond acceptors (Lipinski definition) is 2. The molecule has 2 N–H and O–H groups in total. The Morgan fingerprint density at radius 3 is 2.91 bits per heavy atom. The van der Waals surface area contributed by atoms with Gasteiger partial charge >= 0.3 is 0 Å². The van der Waals surface area contributed by atoms with Gasteiger partial charge < -0.3 is 5.73 Å². The molecule has 3 heteroatoms. The molecule has 0 amide bonds. The summed E-state index contributed by atoms with van der Waals surface area (Å²) >= 11 is 4.78. The van der Waals surface area contributed by atoms with Gasteiger partial charge in [-0.2, -0.15) is 0 Å². The summed E-state index contributed by atoms with van der Waals surface area (Å²) in [6.07, 6.45) is 0.913. The highest BCUT2D eigenvalue weighted by Crippen LogP contribution is 1.99. The molecule has 0 saturated heterocycles. The van der Waals surface area contributed by atoms with Gasteiger partial charge in [0.25, 0.3) is 0 Å². The zero-order valence-electron chi connectivity index (χ0n) is 6.37. The fraction of sp³-hybridized carbons (Fsp3) is 0.250. The summed E-state index contributed by atoms with van der Waals surface area (Å²) in [5.41, 5.74) is 7.14. The average molecular weight is 166 g/mol. The summed E-state index contributed by atoms with van der Waals surface area (Å²) < 4.78 is 0. The average Bonchev–Trinajstić information content (AvgIpc) is 2.05. The van der Waals surface area contributed by atoms with E-state index in [1.54, 1.807) is 0 Å². The van der Waals surface area contributed by atoms with Gasteiger partial charge in [-0.3, -0.25) is 4.98 Å². The normalized spacial score (nSPS) is 9.55. The highest BCUT2D eigenvalue weighted by Gasteiger charge is 1.97. The van der Waals surface area contributed by atoms with Gasteiger partial charge in [0.05, 0.1) is 5.69 Å². The topological polar surface area (TPSA) is 38.9 Å². The third-order valence-corrected chi connectivity index (χ3v) is 1.63. The minimum Gasteiger partial charge on any atom is -0.388 e. The number of nitrogens with two attached hydrogens (primary N) is 1. The van der Waals surface area contributed by atoms with Crippen molar-refractivity contribution in [2.45, 2.75) is 13.3 Å². The molecule has 0 saturated carbocycles. The van der Waals surface area contributed by atoms with Crippen LogP contribution in [-0.4, -0.2) is 9.97 Å². The summed E-state index contributed by atoms with van der Waals surface area (Å²) in [5.74, 6) is 0. The zero-order valence-corrected chi connectivity index (χ0v) is 7.19. The largest absolute Gasteiger partial charge is 0.388 e. The van der Waals surface area contributed by atoms with E-state index >= 15 is 0 Å². The molecule has 2 nitrogen and oxygen atoms in total. The van der Waals surface area contributed by atoms with Gasteiger partial charge in [-0.25, -0.2) is 0 Å². The third-order valence-electron chi connectivity index (χ3n) is 1.42. The Labute approximate surface area is 71.4 Å². The fourth-order valence-electron chi connectivity index (χ4n) is 0.814. The molecule has 1 aromatic rings. The van der Waals surface area contributed by atoms with Crippen molar-refractivity contribution in [3.8, 4) is 0 Å². The lowest BCUT2D eigenvalue weighted by atomic mass is 10.2. The van der Waals surface area contributed by atoms with E-state index in [4.69, 9.17) is 18.0 Å². The van der Waals surface area contributed by atoms with Crippen molar-refractivity contribution in [3.05, 3.63) is 29.6 Å². The SMILES string of the molecule is CCc1cccc(C(N)=S)n1. The molecule has 58 valence electrons. The van der Waals surface area contributed by atoms with E-state index in [1.165, 1.54) is 0 Å². The van der Waals surface area contributed by atoms with Crippen LogP contribution in [0, 0.1) is 0 Å². The van der Waals surface area contributed by atoms with Crippen LogP contribution in [0.2, 0.25) is 0 Å². The minimum absolute atomic E-state index is 0.361. The number of rotatable bonds is 2. The number of aromatic nitrogens is 1. The molecular weight excluding hydrogens is 156 g/mol. The highest BCUT2D eigenvalue weighted by molar-refractivity contribution is 7.80. The van der Waals surface area contributed by atoms with Crippen LogP contribution in [0.5, 0.6) is 0 Å². The molecule has 11 heavy (non-hydrogen) atoms. The number of pyridine rings is 1. The maximum atomic E-state index is 5.41. The minimum atomic E-state index is 0.361. The summed E-state index contributed by atoms with van der Waals surface area (Å²) in [4.78, 5) is 4.59. The number of thiocarbonyl (C=S) groups is 1. The van der Waals surface area contributed by atoms with Gasteiger partial charge in [-0.15, -0.1) is 0 Å². The second-order valence-corrected chi connectivity index (χ2v) is 2.67. The highest BCUT2D eigenvalue weighted by atomic mass is 32.1. The maximum absolute atomic E-state index is 5.41. The van der Waals surface area contributed by atoms with Crippen molar-refractivity contribution in [3.63, 3.8) is 0 Å². The summed E-state index contributed by atoms with van der Waals surface area (Å²) in [6.45, 7) is 2.05. The van der Waals surface area contributed by atoms with Crippen molar-refractivity contribution < 1.29 is 0 Å². The Bertz CT molecular complexity index is 271. The molecule has 0 unspecified atom stereocenters. The molecule has 0 aliphatic heterocycles. The van der Waals surface area contributed by atoms with Crippen molar-refractivity contribution in [1.29, 1.82) is 0 Å². The van der Waals surface area contributed by atoms with E-state index in [1.807, 2.05) is 25.1 Å². The van der Waals surface area contributed by atoms with Gasteiger partial charge in [0.15, 0.2) is 0 Å². The molecule has 0 aliphatic rings. The Morgan fingerprint density at radius 1 is 1.64 bits per heavy atom. The molecule has 0 radical (unpaired) electrons. The lowest BCUT2D eigenvalue weighted by Gasteiger charge is -1.98. The molecule has 0 aromatic carbocycles. The van der Waals surface area contributed by atoms with E-state index < -0.39 is 0 Å². The molecule has 0 aliphatic carbocycles. The first-order valence-corrected chi connectivity index (χ1v) is 3.90. The standard InChI is InChI=1S/C8H10N2S/c1-2-6-4-3-5-7(10-6)8(9)11/h3-5H,2H2,1H3,(H2,9,11). The molecule has 1 rings (SSSR count). The van der Waals surface area contributed by atoms with Crippen LogP contribution >= 0.6 is 12.2 Å². The van der Waals surface area contributed by atoms with Crippen LogP contribution < -0.4 is 5.73 Å². The van der Waals surface area contributed by atoms with E-state index in [2.05, 4.69) is 4.98 Å². The summed E-state index contributed by atoms with van der Waals surface area (Å²) in [5, 5.41) is 0. The number of nitrogens with zero attached hydrogens (tertiary/aromatic N) is 1. The van der Waals surface area contributed by atoms with Crippen LogP contribution in [0.25, 0.3) is 0 Å². The Morgan fingerprint density at radius 2 is 2.36 bits per heavy atom. The zero-order chi connectivity index (χ0) is 8.27. The van der Waals surface area contributed by atoms with Crippen molar-refractivity contribution >= 4 is 17.2 Å². The van der Waals surface area contributed by atoms with Crippen LogP contribution in [-0.2, 0) is 6.42 Å². The Balaban J connectivity index is 3.01. The lowest BCUT2D eigenvalue weighted by Crippen LogP contribution is -2.12. The monoisotopic (exact) mass is 166 g/mol. The molecule has 0 fully saturated rings. The third kappa shape index (κ3) is 1.98. The number of hydrogen-bond donors (Lipinski definition) is 1. The first kappa shape index (κ1) is 8.14. The number of aryl methyl sites for hydroxylation is 1. The van der Waals surface area contributed by atoms with E-state index in [-0.39, 0.29) is 0 Å². The Hall–Kier alpha value is -0.960. The Kier molecular flexibility index (Phi) is 2.54. The fourth-order valence-corrected chi connectivity index (χ4v) is 0.927. The first-order chi connectivity index (χ1) is 5.24. The molecule has 1 heterocycles. The summed E-state index contributed by atoms with van der Waals surface area (Å²) in [6, 6.07) is 5.70. The van der Waals surface area contributed by atoms with Gasteiger partial charge in [-0.05, 0) is 18.6 Å². The van der Waals surface area contributed by atoms with Crippen molar-refractivity contribution in [2.75, 3.05) is 0 Å². The van der Waals surface area contributed by atoms with Crippen LogP contribution in [0.15, 0.2) is 18.2 Å². The van der Waals surface area contributed by atoms with Gasteiger partial charge in [0.2, 0.25) is 0 Å². The van der Waals surface area contributed by atoms with Gasteiger partial charge in [0, 0.05) is 5.69 Å². The smallest absolute Gasteiger partial charge is 0.122 e. The van der Waals surface area contributed by atoms with Crippen LogP contribution in [0.3, 0.4) is 0 Å². The lowest BCUT2D eigenvalue weighted by molar-refractivity contribution is 1.03. The second-order valence-electron chi connectivity index (χ2n) is 2.23. The van der Waals surface area contributed by atoms with Crippen LogP contribution in [0.4, 0.5) is 0 Å². The van der Waals surface area contributed by atoms with Crippen molar-refractivity contribution in [1.82, 2.24) is 4.98 Å². The van der Waals surface area contributed by atoms with Crippen molar-refractivity contribution in [2.24, 2.45) is 5.73 Å². The maximum Gasteiger partial charge on any atom is 0.122 e. The van der Waals surface area contributed by atoms with Gasteiger partial charge in [-0.1, -0.05) is 25.2 Å². The van der Waals surface area contributed by atoms with E-state index in [0.717, 1.165) is 12.1 Å². The van der Waals surface area contributed by atoms with Crippen LogP contribution in [0.1, 0.15) is 18.3 Å². The quantitative estimate of drug-likeness (QED) is 0.673.